The molecule has 1 aromatic carbocycles. The van der Waals surface area contributed by atoms with Gasteiger partial charge in [0.25, 0.3) is 0 Å². The molecule has 0 radical (unpaired) electrons. The molecule has 1 heterocycles. The topological polar surface area (TPSA) is 49.5 Å². The Kier molecular flexibility index (Phi) is 2.23. The average molecular weight is 192 g/mol. The lowest BCUT2D eigenvalue weighted by Gasteiger charge is -2.31. The highest BCUT2D eigenvalue weighted by Gasteiger charge is 2.18. The van der Waals surface area contributed by atoms with Crippen molar-refractivity contribution in [2.24, 2.45) is 0 Å². The summed E-state index contributed by atoms with van der Waals surface area (Å²) in [6.07, 6.45) is 2.16. The van der Waals surface area contributed by atoms with Crippen LogP contribution in [0.4, 0.5) is 11.4 Å². The number of benzene rings is 1. The third-order valence-electron chi connectivity index (χ3n) is 2.78. The van der Waals surface area contributed by atoms with Gasteiger partial charge in [-0.2, -0.15) is 0 Å². The number of fused-ring (bicyclic) bond motifs is 1. The number of aromatic hydroxyl groups is 1. The van der Waals surface area contributed by atoms with Crippen molar-refractivity contribution >= 4 is 11.4 Å². The number of phenolic OH excluding ortho intramolecular Hbond substituents is 1. The summed E-state index contributed by atoms with van der Waals surface area (Å²) in [5.74, 6) is 0.277. The number of nitrogens with zero attached hydrogens (tertiary/aromatic N) is 1. The van der Waals surface area contributed by atoms with Crippen molar-refractivity contribution in [3.05, 3.63) is 17.7 Å². The standard InChI is InChI=1S/C11H16N2O/c1-2-13-5-3-4-8-6-9(14)7-10(12)11(8)13/h6-7,14H,2-5,12H2,1H3. The molecule has 1 aliphatic rings. The lowest BCUT2D eigenvalue weighted by atomic mass is 10.00. The van der Waals surface area contributed by atoms with Gasteiger partial charge >= 0.3 is 0 Å². The highest BCUT2D eigenvalue weighted by Crippen LogP contribution is 2.35. The first-order chi connectivity index (χ1) is 6.72. The lowest BCUT2D eigenvalue weighted by molar-refractivity contribution is 0.474. The first kappa shape index (κ1) is 9.19. The third-order valence-corrected chi connectivity index (χ3v) is 2.78. The molecule has 3 heteroatoms. The number of anilines is 2. The van der Waals surface area contributed by atoms with Gasteiger partial charge in [-0.1, -0.05) is 0 Å². The summed E-state index contributed by atoms with van der Waals surface area (Å²) in [6.45, 7) is 4.17. The molecule has 0 atom stereocenters. The van der Waals surface area contributed by atoms with Crippen molar-refractivity contribution in [3.63, 3.8) is 0 Å². The van der Waals surface area contributed by atoms with Crippen LogP contribution in [0.2, 0.25) is 0 Å². The summed E-state index contributed by atoms with van der Waals surface area (Å²) in [5.41, 5.74) is 8.90. The Hall–Kier alpha value is -1.38. The quantitative estimate of drug-likeness (QED) is 0.666. The molecule has 3 nitrogen and oxygen atoms in total. The SMILES string of the molecule is CCN1CCCc2cc(O)cc(N)c21. The second-order valence-corrected chi connectivity index (χ2v) is 3.73. The molecule has 76 valence electrons. The molecule has 0 fully saturated rings. The van der Waals surface area contributed by atoms with E-state index in [-0.39, 0.29) is 5.75 Å². The van der Waals surface area contributed by atoms with E-state index < -0.39 is 0 Å². The number of aryl methyl sites for hydroxylation is 1. The van der Waals surface area contributed by atoms with Gasteiger partial charge < -0.3 is 15.7 Å². The van der Waals surface area contributed by atoms with Gasteiger partial charge in [-0.3, -0.25) is 0 Å². The van der Waals surface area contributed by atoms with E-state index in [2.05, 4.69) is 11.8 Å². The van der Waals surface area contributed by atoms with Crippen LogP contribution in [0.3, 0.4) is 0 Å². The maximum Gasteiger partial charge on any atom is 0.118 e. The summed E-state index contributed by atoms with van der Waals surface area (Å²) in [6, 6.07) is 3.46. The maximum atomic E-state index is 9.43. The molecular formula is C11H16N2O. The van der Waals surface area contributed by atoms with E-state index in [9.17, 15) is 5.11 Å². The van der Waals surface area contributed by atoms with Crippen LogP contribution in [-0.4, -0.2) is 18.2 Å². The van der Waals surface area contributed by atoms with Crippen LogP contribution in [0.5, 0.6) is 5.75 Å². The lowest BCUT2D eigenvalue weighted by Crippen LogP contribution is -2.29. The molecule has 1 aliphatic heterocycles. The minimum absolute atomic E-state index is 0.277. The van der Waals surface area contributed by atoms with Crippen LogP contribution in [0.1, 0.15) is 18.9 Å². The molecule has 1 aromatic rings. The zero-order chi connectivity index (χ0) is 10.1. The highest BCUT2D eigenvalue weighted by atomic mass is 16.3. The van der Waals surface area contributed by atoms with Crippen molar-refractivity contribution in [1.29, 1.82) is 0 Å². The zero-order valence-electron chi connectivity index (χ0n) is 8.45. The maximum absolute atomic E-state index is 9.43. The molecule has 3 N–H and O–H groups in total. The Bertz CT molecular complexity index is 349. The Labute approximate surface area is 84.1 Å². The number of rotatable bonds is 1. The van der Waals surface area contributed by atoms with E-state index in [0.29, 0.717) is 5.69 Å². The molecule has 0 spiro atoms. The minimum atomic E-state index is 0.277. The summed E-state index contributed by atoms with van der Waals surface area (Å²) < 4.78 is 0. The van der Waals surface area contributed by atoms with Crippen LogP contribution >= 0.6 is 0 Å². The number of hydrogen-bond acceptors (Lipinski definition) is 3. The molecule has 0 saturated heterocycles. The monoisotopic (exact) mass is 192 g/mol. The van der Waals surface area contributed by atoms with E-state index in [1.807, 2.05) is 6.07 Å². The smallest absolute Gasteiger partial charge is 0.118 e. The number of nitrogens with two attached hydrogens (primary N) is 1. The van der Waals surface area contributed by atoms with Crippen LogP contribution in [0.25, 0.3) is 0 Å². The van der Waals surface area contributed by atoms with Gasteiger partial charge in [0.2, 0.25) is 0 Å². The summed E-state index contributed by atoms with van der Waals surface area (Å²) in [4.78, 5) is 2.27. The van der Waals surface area contributed by atoms with Crippen molar-refractivity contribution in [2.75, 3.05) is 23.7 Å². The molecule has 0 aliphatic carbocycles. The fourth-order valence-corrected chi connectivity index (χ4v) is 2.17. The van der Waals surface area contributed by atoms with Crippen LogP contribution in [0.15, 0.2) is 12.1 Å². The van der Waals surface area contributed by atoms with Crippen LogP contribution in [0, 0.1) is 0 Å². The van der Waals surface area contributed by atoms with Crippen molar-refractivity contribution in [3.8, 4) is 5.75 Å². The first-order valence-corrected chi connectivity index (χ1v) is 5.08. The number of hydrogen-bond donors (Lipinski definition) is 2. The first-order valence-electron chi connectivity index (χ1n) is 5.08. The van der Waals surface area contributed by atoms with E-state index in [1.165, 1.54) is 5.56 Å². The Morgan fingerprint density at radius 1 is 1.50 bits per heavy atom. The van der Waals surface area contributed by atoms with Crippen molar-refractivity contribution < 1.29 is 5.11 Å². The average Bonchev–Trinajstić information content (AvgIpc) is 2.16. The van der Waals surface area contributed by atoms with Gasteiger partial charge in [0, 0.05) is 19.2 Å². The Morgan fingerprint density at radius 3 is 3.00 bits per heavy atom. The molecule has 14 heavy (non-hydrogen) atoms. The highest BCUT2D eigenvalue weighted by molar-refractivity contribution is 5.74. The molecule has 0 amide bonds. The van der Waals surface area contributed by atoms with Gasteiger partial charge in [0.05, 0.1) is 11.4 Å². The van der Waals surface area contributed by atoms with Gasteiger partial charge in [-0.25, -0.2) is 0 Å². The number of phenols is 1. The fourth-order valence-electron chi connectivity index (χ4n) is 2.17. The zero-order valence-corrected chi connectivity index (χ0v) is 8.45. The van der Waals surface area contributed by atoms with E-state index in [0.717, 1.165) is 31.6 Å². The van der Waals surface area contributed by atoms with Crippen LogP contribution < -0.4 is 10.6 Å². The van der Waals surface area contributed by atoms with Crippen molar-refractivity contribution in [2.45, 2.75) is 19.8 Å². The predicted octanol–water partition coefficient (Wildman–Crippen LogP) is 1.75. The summed E-state index contributed by atoms with van der Waals surface area (Å²) >= 11 is 0. The largest absolute Gasteiger partial charge is 0.508 e. The summed E-state index contributed by atoms with van der Waals surface area (Å²) in [5, 5.41) is 9.43. The Morgan fingerprint density at radius 2 is 2.29 bits per heavy atom. The Balaban J connectivity index is 2.51. The van der Waals surface area contributed by atoms with E-state index >= 15 is 0 Å². The third kappa shape index (κ3) is 1.39. The molecule has 2 rings (SSSR count). The van der Waals surface area contributed by atoms with E-state index in [4.69, 9.17) is 5.73 Å². The van der Waals surface area contributed by atoms with Gasteiger partial charge in [0.1, 0.15) is 5.75 Å². The van der Waals surface area contributed by atoms with Crippen LogP contribution in [-0.2, 0) is 6.42 Å². The molecule has 0 unspecified atom stereocenters. The molecule has 0 bridgehead atoms. The molecular weight excluding hydrogens is 176 g/mol. The summed E-state index contributed by atoms with van der Waals surface area (Å²) in [7, 11) is 0. The fraction of sp³-hybridized carbons (Fsp3) is 0.455. The van der Waals surface area contributed by atoms with Gasteiger partial charge in [0.15, 0.2) is 0 Å². The minimum Gasteiger partial charge on any atom is -0.508 e. The number of nitrogen functional groups attached to an aromatic ring is 1. The molecule has 0 saturated carbocycles. The molecule has 0 aromatic heterocycles. The van der Waals surface area contributed by atoms with Gasteiger partial charge in [-0.15, -0.1) is 0 Å². The van der Waals surface area contributed by atoms with Crippen molar-refractivity contribution in [1.82, 2.24) is 0 Å². The normalized spacial score (nSPS) is 15.4. The second-order valence-electron chi connectivity index (χ2n) is 3.73. The van der Waals surface area contributed by atoms with Gasteiger partial charge in [-0.05, 0) is 31.4 Å². The van der Waals surface area contributed by atoms with E-state index in [1.54, 1.807) is 6.07 Å². The second kappa shape index (κ2) is 3.40. The predicted molar refractivity (Wildman–Crippen MR) is 58.7 cm³/mol.